The number of nitrogens with zero attached hydrogens (tertiary/aromatic N) is 2. The molecule has 5 nitrogen and oxygen atoms in total. The number of pyridine rings is 1. The van der Waals surface area contributed by atoms with E-state index in [1.165, 1.54) is 11.3 Å². The maximum absolute atomic E-state index is 13.0. The van der Waals surface area contributed by atoms with Gasteiger partial charge in [-0.1, -0.05) is 42.5 Å². The van der Waals surface area contributed by atoms with Crippen LogP contribution >= 0.6 is 11.3 Å². The van der Waals surface area contributed by atoms with Crippen LogP contribution in [0.1, 0.15) is 33.9 Å². The minimum atomic E-state index is -0.653. The van der Waals surface area contributed by atoms with E-state index in [0.29, 0.717) is 4.88 Å². The monoisotopic (exact) mass is 379 g/mol. The number of benzene rings is 1. The van der Waals surface area contributed by atoms with Crippen LogP contribution in [-0.2, 0) is 4.79 Å². The Bertz CT molecular complexity index is 843. The van der Waals surface area contributed by atoms with Crippen LogP contribution in [0.2, 0.25) is 0 Å². The van der Waals surface area contributed by atoms with Gasteiger partial charge < -0.3 is 10.2 Å². The molecule has 2 heterocycles. The number of carbonyl (C=O) groups excluding carboxylic acids is 2. The van der Waals surface area contributed by atoms with Crippen molar-refractivity contribution in [1.29, 1.82) is 0 Å². The highest BCUT2D eigenvalue weighted by molar-refractivity contribution is 7.12. The summed E-state index contributed by atoms with van der Waals surface area (Å²) in [5.74, 6) is -0.423. The van der Waals surface area contributed by atoms with E-state index in [2.05, 4.69) is 10.3 Å². The highest BCUT2D eigenvalue weighted by atomic mass is 32.1. The van der Waals surface area contributed by atoms with Crippen molar-refractivity contribution in [3.63, 3.8) is 0 Å². The number of hydrogen-bond donors (Lipinski definition) is 1. The van der Waals surface area contributed by atoms with Crippen molar-refractivity contribution in [2.45, 2.75) is 19.0 Å². The Hall–Kier alpha value is -2.99. The highest BCUT2D eigenvalue weighted by Crippen LogP contribution is 2.26. The van der Waals surface area contributed by atoms with E-state index in [1.54, 1.807) is 31.1 Å². The molecule has 0 spiro atoms. The Balaban J connectivity index is 1.82. The maximum atomic E-state index is 13.0. The molecule has 2 amide bonds. The lowest BCUT2D eigenvalue weighted by molar-refractivity contribution is -0.133. The van der Waals surface area contributed by atoms with Gasteiger partial charge in [0.25, 0.3) is 5.91 Å². The number of likely N-dealkylation sites (N-methyl/N-ethyl adjacent to an activating group) is 1. The largest absolute Gasteiger partial charge is 0.340 e. The second-order valence-electron chi connectivity index (χ2n) is 6.19. The number of amides is 2. The third kappa shape index (κ3) is 4.41. The maximum Gasteiger partial charge on any atom is 0.261 e. The van der Waals surface area contributed by atoms with Gasteiger partial charge in [0.05, 0.1) is 16.6 Å². The first-order valence-electron chi connectivity index (χ1n) is 8.65. The van der Waals surface area contributed by atoms with Crippen molar-refractivity contribution in [2.24, 2.45) is 0 Å². The van der Waals surface area contributed by atoms with Crippen LogP contribution in [0.25, 0.3) is 0 Å². The molecule has 0 saturated heterocycles. The fraction of sp³-hybridized carbons (Fsp3) is 0.190. The molecule has 0 bridgehead atoms. The third-order valence-corrected chi connectivity index (χ3v) is 5.15. The number of rotatable bonds is 6. The summed E-state index contributed by atoms with van der Waals surface area (Å²) in [5, 5.41) is 4.61. The Morgan fingerprint density at radius 1 is 1.04 bits per heavy atom. The van der Waals surface area contributed by atoms with E-state index < -0.39 is 6.04 Å². The first-order valence-corrected chi connectivity index (χ1v) is 9.53. The van der Waals surface area contributed by atoms with Crippen molar-refractivity contribution in [3.8, 4) is 0 Å². The molecule has 0 unspecified atom stereocenters. The summed E-state index contributed by atoms with van der Waals surface area (Å²) in [4.78, 5) is 32.0. The average Bonchev–Trinajstić information content (AvgIpc) is 3.24. The molecular formula is C21H21N3O2S. The first-order chi connectivity index (χ1) is 13.1. The summed E-state index contributed by atoms with van der Waals surface area (Å²) >= 11 is 1.35. The summed E-state index contributed by atoms with van der Waals surface area (Å²) in [6.45, 7) is 1.70. The predicted molar refractivity (Wildman–Crippen MR) is 107 cm³/mol. The van der Waals surface area contributed by atoms with Gasteiger partial charge in [-0.25, -0.2) is 0 Å². The lowest BCUT2D eigenvalue weighted by atomic mass is 10.0. The van der Waals surface area contributed by atoms with E-state index >= 15 is 0 Å². The fourth-order valence-corrected chi connectivity index (χ4v) is 3.56. The SMILES string of the molecule is C[C@@H](NC(=O)c1cccs1)C(=O)N(C)[C@@H](c1ccccc1)c1ccccn1. The number of nitrogens with one attached hydrogen (secondary N) is 1. The molecule has 1 N–H and O–H groups in total. The van der Waals surface area contributed by atoms with Gasteiger partial charge in [0.2, 0.25) is 5.91 Å². The van der Waals surface area contributed by atoms with Crippen LogP contribution < -0.4 is 5.32 Å². The zero-order valence-corrected chi connectivity index (χ0v) is 16.0. The van der Waals surface area contributed by atoms with Gasteiger partial charge in [0, 0.05) is 13.2 Å². The van der Waals surface area contributed by atoms with Crippen LogP contribution in [0, 0.1) is 0 Å². The van der Waals surface area contributed by atoms with Crippen molar-refractivity contribution in [3.05, 3.63) is 88.4 Å². The standard InChI is InChI=1S/C21H21N3O2S/c1-15(23-20(25)18-12-8-14-27-18)21(26)24(2)19(16-9-4-3-5-10-16)17-11-6-7-13-22-17/h3-15,19H,1-2H3,(H,23,25)/t15-,19+/m1/s1. The second kappa shape index (κ2) is 8.60. The number of thiophene rings is 1. The Kier molecular flexibility index (Phi) is 5.98. The molecule has 27 heavy (non-hydrogen) atoms. The number of aromatic nitrogens is 1. The molecule has 2 atom stereocenters. The van der Waals surface area contributed by atoms with Crippen molar-refractivity contribution in [1.82, 2.24) is 15.2 Å². The summed E-state index contributed by atoms with van der Waals surface area (Å²) in [5.41, 5.74) is 1.74. The predicted octanol–water partition coefficient (Wildman–Crippen LogP) is 3.51. The lowest BCUT2D eigenvalue weighted by Crippen LogP contribution is -2.46. The zero-order chi connectivity index (χ0) is 19.2. The van der Waals surface area contributed by atoms with Crippen molar-refractivity contribution in [2.75, 3.05) is 7.05 Å². The van der Waals surface area contributed by atoms with Gasteiger partial charge in [-0.05, 0) is 36.1 Å². The van der Waals surface area contributed by atoms with Crippen LogP contribution in [-0.4, -0.2) is 34.8 Å². The zero-order valence-electron chi connectivity index (χ0n) is 15.2. The molecule has 0 aliphatic heterocycles. The highest BCUT2D eigenvalue weighted by Gasteiger charge is 2.28. The quantitative estimate of drug-likeness (QED) is 0.713. The molecule has 0 fully saturated rings. The normalized spacial score (nSPS) is 12.8. The van der Waals surface area contributed by atoms with Crippen LogP contribution in [0.4, 0.5) is 0 Å². The molecule has 138 valence electrons. The van der Waals surface area contributed by atoms with Crippen molar-refractivity contribution < 1.29 is 9.59 Å². The van der Waals surface area contributed by atoms with E-state index in [-0.39, 0.29) is 17.9 Å². The number of carbonyl (C=O) groups is 2. The minimum absolute atomic E-state index is 0.181. The summed E-state index contributed by atoms with van der Waals surface area (Å²) in [6, 6.07) is 18.0. The topological polar surface area (TPSA) is 62.3 Å². The van der Waals surface area contributed by atoms with Crippen molar-refractivity contribution >= 4 is 23.2 Å². The summed E-state index contributed by atoms with van der Waals surface area (Å²) < 4.78 is 0. The third-order valence-electron chi connectivity index (χ3n) is 4.28. The van der Waals surface area contributed by atoms with Crippen LogP contribution in [0.15, 0.2) is 72.2 Å². The number of hydrogen-bond acceptors (Lipinski definition) is 4. The molecule has 0 aliphatic carbocycles. The fourth-order valence-electron chi connectivity index (χ4n) is 2.94. The first kappa shape index (κ1) is 18.8. The van der Waals surface area contributed by atoms with Gasteiger partial charge in [-0.3, -0.25) is 14.6 Å². The average molecular weight is 379 g/mol. The molecular weight excluding hydrogens is 358 g/mol. The Morgan fingerprint density at radius 2 is 1.78 bits per heavy atom. The molecule has 0 saturated carbocycles. The van der Waals surface area contributed by atoms with Crippen LogP contribution in [0.3, 0.4) is 0 Å². The Labute approximate surface area is 162 Å². The van der Waals surface area contributed by atoms with Gasteiger partial charge in [0.15, 0.2) is 0 Å². The molecule has 1 aromatic carbocycles. The molecule has 2 aromatic heterocycles. The van der Waals surface area contributed by atoms with Gasteiger partial charge >= 0.3 is 0 Å². The second-order valence-corrected chi connectivity index (χ2v) is 7.14. The van der Waals surface area contributed by atoms with Gasteiger partial charge in [-0.2, -0.15) is 0 Å². The molecule has 6 heteroatoms. The molecule has 3 rings (SSSR count). The van der Waals surface area contributed by atoms with E-state index in [1.807, 2.05) is 60.0 Å². The summed E-state index contributed by atoms with van der Waals surface area (Å²) in [6.07, 6.45) is 1.71. The molecule has 3 aromatic rings. The van der Waals surface area contributed by atoms with Crippen LogP contribution in [0.5, 0.6) is 0 Å². The van der Waals surface area contributed by atoms with E-state index in [9.17, 15) is 9.59 Å². The smallest absolute Gasteiger partial charge is 0.261 e. The van der Waals surface area contributed by atoms with Gasteiger partial charge in [0.1, 0.15) is 6.04 Å². The summed E-state index contributed by atoms with van der Waals surface area (Å²) in [7, 11) is 1.74. The Morgan fingerprint density at radius 3 is 2.41 bits per heavy atom. The van der Waals surface area contributed by atoms with Gasteiger partial charge in [-0.15, -0.1) is 11.3 Å². The van der Waals surface area contributed by atoms with E-state index in [0.717, 1.165) is 11.3 Å². The molecule has 0 radical (unpaired) electrons. The van der Waals surface area contributed by atoms with E-state index in [4.69, 9.17) is 0 Å². The minimum Gasteiger partial charge on any atom is -0.340 e. The lowest BCUT2D eigenvalue weighted by Gasteiger charge is -2.30. The molecule has 0 aliphatic rings.